The maximum absolute atomic E-state index is 13.4. The Morgan fingerprint density at radius 1 is 0.971 bits per heavy atom. The van der Waals surface area contributed by atoms with E-state index in [9.17, 15) is 17.6 Å². The van der Waals surface area contributed by atoms with Gasteiger partial charge in [0.2, 0.25) is 5.91 Å². The van der Waals surface area contributed by atoms with Gasteiger partial charge in [-0.3, -0.25) is 9.10 Å². The molecule has 0 saturated heterocycles. The number of nitrogens with zero attached hydrogens (tertiary/aromatic N) is 1. The van der Waals surface area contributed by atoms with Gasteiger partial charge in [-0.25, -0.2) is 12.8 Å². The van der Waals surface area contributed by atoms with Crippen LogP contribution in [0.5, 0.6) is 5.75 Å². The van der Waals surface area contributed by atoms with Crippen LogP contribution >= 0.6 is 0 Å². The summed E-state index contributed by atoms with van der Waals surface area (Å²) in [6, 6.07) is 20.7. The monoisotopic (exact) mass is 484 g/mol. The van der Waals surface area contributed by atoms with E-state index < -0.39 is 28.3 Å². The Bertz CT molecular complexity index is 1170. The smallest absolute Gasteiger partial charge is 0.264 e. The number of nitrogens with one attached hydrogen (secondary N) is 1. The van der Waals surface area contributed by atoms with Crippen LogP contribution in [-0.4, -0.2) is 34.0 Å². The zero-order valence-corrected chi connectivity index (χ0v) is 19.9. The van der Waals surface area contributed by atoms with Crippen LogP contribution in [0.3, 0.4) is 0 Å². The molecule has 1 amide bonds. The van der Waals surface area contributed by atoms with Gasteiger partial charge in [0.25, 0.3) is 10.0 Å². The van der Waals surface area contributed by atoms with E-state index in [0.29, 0.717) is 26.0 Å². The molecule has 3 rings (SSSR count). The molecular weight excluding hydrogens is 455 g/mol. The van der Waals surface area contributed by atoms with Crippen LogP contribution < -0.4 is 14.4 Å². The van der Waals surface area contributed by atoms with Gasteiger partial charge >= 0.3 is 0 Å². The Morgan fingerprint density at radius 3 is 2.35 bits per heavy atom. The van der Waals surface area contributed by atoms with Crippen LogP contribution in [0.25, 0.3) is 0 Å². The van der Waals surface area contributed by atoms with Crippen molar-refractivity contribution in [2.24, 2.45) is 0 Å². The number of amides is 1. The van der Waals surface area contributed by atoms with Gasteiger partial charge in [0.05, 0.1) is 17.2 Å². The second-order valence-corrected chi connectivity index (χ2v) is 9.57. The minimum atomic E-state index is -4.02. The van der Waals surface area contributed by atoms with Gasteiger partial charge in [0.15, 0.2) is 0 Å². The molecule has 0 spiro atoms. The number of carbonyl (C=O) groups is 1. The molecule has 0 heterocycles. The lowest BCUT2D eigenvalue weighted by atomic mass is 10.1. The molecule has 3 aromatic carbocycles. The summed E-state index contributed by atoms with van der Waals surface area (Å²) >= 11 is 0. The summed E-state index contributed by atoms with van der Waals surface area (Å²) in [5.41, 5.74) is 1.27. The highest BCUT2D eigenvalue weighted by Gasteiger charge is 2.27. The topological polar surface area (TPSA) is 75.7 Å². The first-order valence-electron chi connectivity index (χ1n) is 11.2. The Balaban J connectivity index is 1.64. The second-order valence-electron chi connectivity index (χ2n) is 7.71. The summed E-state index contributed by atoms with van der Waals surface area (Å²) in [5, 5.41) is 2.79. The van der Waals surface area contributed by atoms with E-state index >= 15 is 0 Å². The lowest BCUT2D eigenvalue weighted by Gasteiger charge is -2.24. The van der Waals surface area contributed by atoms with Crippen molar-refractivity contribution in [3.63, 3.8) is 0 Å². The van der Waals surface area contributed by atoms with Crippen molar-refractivity contribution in [1.82, 2.24) is 5.32 Å². The molecule has 8 heteroatoms. The zero-order chi connectivity index (χ0) is 24.4. The summed E-state index contributed by atoms with van der Waals surface area (Å²) in [6.45, 7) is 2.65. The third-order valence-corrected chi connectivity index (χ3v) is 6.90. The highest BCUT2D eigenvalue weighted by molar-refractivity contribution is 7.92. The largest absolute Gasteiger partial charge is 0.493 e. The summed E-state index contributed by atoms with van der Waals surface area (Å²) in [4.78, 5) is 12.7. The van der Waals surface area contributed by atoms with Gasteiger partial charge in [-0.15, -0.1) is 0 Å². The highest BCUT2D eigenvalue weighted by atomic mass is 32.2. The van der Waals surface area contributed by atoms with Crippen LogP contribution in [0.2, 0.25) is 0 Å². The maximum Gasteiger partial charge on any atom is 0.264 e. The lowest BCUT2D eigenvalue weighted by molar-refractivity contribution is -0.119. The molecule has 0 fully saturated rings. The van der Waals surface area contributed by atoms with E-state index in [0.717, 1.165) is 22.0 Å². The number of aryl methyl sites for hydroxylation is 1. The Labute approximate surface area is 200 Å². The third-order valence-electron chi connectivity index (χ3n) is 5.11. The van der Waals surface area contributed by atoms with Crippen molar-refractivity contribution in [1.29, 1.82) is 0 Å². The van der Waals surface area contributed by atoms with Gasteiger partial charge in [0, 0.05) is 6.54 Å². The van der Waals surface area contributed by atoms with E-state index in [2.05, 4.69) is 5.32 Å². The first-order chi connectivity index (χ1) is 16.4. The van der Waals surface area contributed by atoms with Crippen molar-refractivity contribution in [2.45, 2.75) is 31.1 Å². The quantitative estimate of drug-likeness (QED) is 0.383. The number of hydrogen-bond acceptors (Lipinski definition) is 4. The summed E-state index contributed by atoms with van der Waals surface area (Å²) < 4.78 is 46.6. The number of anilines is 1. The molecule has 0 unspecified atom stereocenters. The van der Waals surface area contributed by atoms with E-state index in [1.165, 1.54) is 36.4 Å². The summed E-state index contributed by atoms with van der Waals surface area (Å²) in [6.07, 6.45) is 2.30. The lowest BCUT2D eigenvalue weighted by Crippen LogP contribution is -2.41. The molecule has 0 saturated carbocycles. The van der Waals surface area contributed by atoms with E-state index in [4.69, 9.17) is 4.74 Å². The minimum Gasteiger partial charge on any atom is -0.493 e. The fourth-order valence-corrected chi connectivity index (χ4v) is 4.84. The molecule has 0 bridgehead atoms. The molecule has 0 aliphatic carbocycles. The Hall–Kier alpha value is -3.39. The van der Waals surface area contributed by atoms with Crippen LogP contribution in [0.1, 0.15) is 25.3 Å². The number of hydrogen-bond donors (Lipinski definition) is 1. The third kappa shape index (κ3) is 6.81. The number of sulfonamides is 1. The van der Waals surface area contributed by atoms with Crippen LogP contribution in [0.15, 0.2) is 83.8 Å². The molecule has 1 N–H and O–H groups in total. The molecular formula is C26H29FN2O4S. The number of ether oxygens (including phenoxy) is 1. The Morgan fingerprint density at radius 2 is 1.65 bits per heavy atom. The average molecular weight is 485 g/mol. The average Bonchev–Trinajstić information content (AvgIpc) is 2.85. The fraction of sp³-hybridized carbons (Fsp3) is 0.269. The fourth-order valence-electron chi connectivity index (χ4n) is 3.40. The number of benzene rings is 3. The van der Waals surface area contributed by atoms with E-state index in [1.54, 1.807) is 18.2 Å². The molecule has 0 aliphatic rings. The molecule has 6 nitrogen and oxygen atoms in total. The SMILES string of the molecule is CCCOc1ccccc1CCCNC(=O)CN(c1ccc(F)cc1)S(=O)(=O)c1ccccc1. The number of carbonyl (C=O) groups excluding carboxylic acids is 1. The predicted molar refractivity (Wildman–Crippen MR) is 131 cm³/mol. The second kappa shape index (κ2) is 12.2. The molecule has 0 aromatic heterocycles. The van der Waals surface area contributed by atoms with Gasteiger partial charge < -0.3 is 10.1 Å². The van der Waals surface area contributed by atoms with Gasteiger partial charge in [0.1, 0.15) is 18.1 Å². The van der Waals surface area contributed by atoms with Crippen molar-refractivity contribution < 1.29 is 22.3 Å². The Kier molecular flexibility index (Phi) is 9.04. The van der Waals surface area contributed by atoms with Crippen LogP contribution in [-0.2, 0) is 21.2 Å². The van der Waals surface area contributed by atoms with Crippen LogP contribution in [0, 0.1) is 5.82 Å². The van der Waals surface area contributed by atoms with Gasteiger partial charge in [-0.05, 0) is 67.3 Å². The first-order valence-corrected chi connectivity index (χ1v) is 12.7. The van der Waals surface area contributed by atoms with E-state index in [-0.39, 0.29) is 10.6 Å². The van der Waals surface area contributed by atoms with Gasteiger partial charge in [-0.2, -0.15) is 0 Å². The summed E-state index contributed by atoms with van der Waals surface area (Å²) in [7, 11) is -4.02. The number of para-hydroxylation sites is 1. The van der Waals surface area contributed by atoms with Crippen molar-refractivity contribution in [3.8, 4) is 5.75 Å². The molecule has 0 radical (unpaired) electrons. The number of halogens is 1. The first kappa shape index (κ1) is 25.2. The predicted octanol–water partition coefficient (Wildman–Crippen LogP) is 4.56. The summed E-state index contributed by atoms with van der Waals surface area (Å²) in [5.74, 6) is -0.0973. The molecule has 0 aliphatic heterocycles. The van der Waals surface area contributed by atoms with E-state index in [1.807, 2.05) is 31.2 Å². The number of rotatable bonds is 12. The standard InChI is InChI=1S/C26H29FN2O4S/c1-2-19-33-25-13-7-6-9-21(25)10-8-18-28-26(30)20-29(23-16-14-22(27)15-17-23)34(31,32)24-11-4-3-5-12-24/h3-7,9,11-17H,2,8,10,18-20H2,1H3,(H,28,30). The van der Waals surface area contributed by atoms with Crippen LogP contribution in [0.4, 0.5) is 10.1 Å². The maximum atomic E-state index is 13.4. The molecule has 180 valence electrons. The van der Waals surface area contributed by atoms with Gasteiger partial charge in [-0.1, -0.05) is 43.3 Å². The normalized spacial score (nSPS) is 11.1. The van der Waals surface area contributed by atoms with Crippen molar-refractivity contribution >= 4 is 21.6 Å². The van der Waals surface area contributed by atoms with Crippen molar-refractivity contribution in [2.75, 3.05) is 24.0 Å². The molecule has 34 heavy (non-hydrogen) atoms. The minimum absolute atomic E-state index is 0.0517. The zero-order valence-electron chi connectivity index (χ0n) is 19.1. The molecule has 0 atom stereocenters. The highest BCUT2D eigenvalue weighted by Crippen LogP contribution is 2.24. The molecule has 3 aromatic rings. The van der Waals surface area contributed by atoms with Crippen molar-refractivity contribution in [3.05, 3.63) is 90.2 Å².